The molecule has 0 saturated heterocycles. The third-order valence-corrected chi connectivity index (χ3v) is 2.30. The van der Waals surface area contributed by atoms with Crippen LogP contribution in [0.15, 0.2) is 24.3 Å². The van der Waals surface area contributed by atoms with Crippen LogP contribution in [0.3, 0.4) is 0 Å². The Balaban J connectivity index is 2.65. The van der Waals surface area contributed by atoms with Crippen molar-refractivity contribution in [3.63, 3.8) is 0 Å². The fourth-order valence-corrected chi connectivity index (χ4v) is 1.41. The molecule has 0 fully saturated rings. The summed E-state index contributed by atoms with van der Waals surface area (Å²) in [6, 6.07) is 8.28. The molecule has 0 aromatic heterocycles. The van der Waals surface area contributed by atoms with E-state index in [1.165, 1.54) is 5.56 Å². The Morgan fingerprint density at radius 1 is 1.20 bits per heavy atom. The molecule has 0 amide bonds. The van der Waals surface area contributed by atoms with Gasteiger partial charge in [0.15, 0.2) is 0 Å². The van der Waals surface area contributed by atoms with Crippen molar-refractivity contribution >= 4 is 0 Å². The van der Waals surface area contributed by atoms with E-state index in [2.05, 4.69) is 24.5 Å². The van der Waals surface area contributed by atoms with Gasteiger partial charge in [-0.3, -0.25) is 0 Å². The van der Waals surface area contributed by atoms with E-state index < -0.39 is 0 Å². The molecule has 15 heavy (non-hydrogen) atoms. The number of nitrogens with one attached hydrogen (secondary N) is 1. The molecule has 1 rings (SSSR count). The third kappa shape index (κ3) is 3.53. The lowest BCUT2D eigenvalue weighted by atomic mass is 10.1. The SMILES string of the molecule is CCONC(CC)c1ccc(OC)cc1. The minimum atomic E-state index is 0.246. The van der Waals surface area contributed by atoms with Crippen LogP contribution in [0.25, 0.3) is 0 Å². The van der Waals surface area contributed by atoms with Crippen LogP contribution >= 0.6 is 0 Å². The molecule has 1 aromatic carbocycles. The molecule has 1 aromatic rings. The van der Waals surface area contributed by atoms with Gasteiger partial charge in [0.05, 0.1) is 19.8 Å². The van der Waals surface area contributed by atoms with Crippen LogP contribution in [-0.2, 0) is 4.84 Å². The average molecular weight is 209 g/mol. The number of benzene rings is 1. The smallest absolute Gasteiger partial charge is 0.118 e. The van der Waals surface area contributed by atoms with Gasteiger partial charge < -0.3 is 9.57 Å². The molecule has 1 N–H and O–H groups in total. The van der Waals surface area contributed by atoms with Gasteiger partial charge in [-0.25, -0.2) is 0 Å². The number of hydroxylamine groups is 1. The van der Waals surface area contributed by atoms with E-state index in [1.54, 1.807) is 7.11 Å². The van der Waals surface area contributed by atoms with Gasteiger partial charge in [0.25, 0.3) is 0 Å². The molecular formula is C12H19NO2. The topological polar surface area (TPSA) is 30.5 Å². The quantitative estimate of drug-likeness (QED) is 0.731. The highest BCUT2D eigenvalue weighted by atomic mass is 16.6. The fourth-order valence-electron chi connectivity index (χ4n) is 1.41. The predicted molar refractivity (Wildman–Crippen MR) is 60.8 cm³/mol. The number of rotatable bonds is 6. The van der Waals surface area contributed by atoms with Crippen molar-refractivity contribution < 1.29 is 9.57 Å². The van der Waals surface area contributed by atoms with Crippen LogP contribution in [0.1, 0.15) is 31.9 Å². The maximum atomic E-state index is 5.22. The first-order valence-electron chi connectivity index (χ1n) is 5.33. The van der Waals surface area contributed by atoms with Crippen molar-refractivity contribution in [2.24, 2.45) is 0 Å². The van der Waals surface area contributed by atoms with Crippen LogP contribution in [-0.4, -0.2) is 13.7 Å². The summed E-state index contributed by atoms with van der Waals surface area (Å²) < 4.78 is 5.11. The second-order valence-electron chi connectivity index (χ2n) is 3.28. The van der Waals surface area contributed by atoms with Gasteiger partial charge >= 0.3 is 0 Å². The van der Waals surface area contributed by atoms with Crippen molar-refractivity contribution in [1.82, 2.24) is 5.48 Å². The Hall–Kier alpha value is -1.06. The van der Waals surface area contributed by atoms with Crippen LogP contribution in [0.4, 0.5) is 0 Å². The molecule has 3 nitrogen and oxygen atoms in total. The maximum absolute atomic E-state index is 5.22. The molecule has 3 heteroatoms. The van der Waals surface area contributed by atoms with E-state index in [0.717, 1.165) is 12.2 Å². The molecular weight excluding hydrogens is 190 g/mol. The largest absolute Gasteiger partial charge is 0.497 e. The standard InChI is InChI=1S/C12H19NO2/c1-4-12(13-15-5-2)10-6-8-11(14-3)9-7-10/h6-9,12-13H,4-5H2,1-3H3. The van der Waals surface area contributed by atoms with E-state index in [0.29, 0.717) is 6.61 Å². The van der Waals surface area contributed by atoms with Crippen LogP contribution in [0.5, 0.6) is 5.75 Å². The average Bonchev–Trinajstić information content (AvgIpc) is 2.31. The van der Waals surface area contributed by atoms with Gasteiger partial charge in [-0.2, -0.15) is 5.48 Å². The van der Waals surface area contributed by atoms with Crippen molar-refractivity contribution in [3.8, 4) is 5.75 Å². The van der Waals surface area contributed by atoms with Crippen LogP contribution < -0.4 is 10.2 Å². The van der Waals surface area contributed by atoms with Gasteiger partial charge in [0, 0.05) is 0 Å². The zero-order valence-electron chi connectivity index (χ0n) is 9.62. The number of methoxy groups -OCH3 is 1. The minimum Gasteiger partial charge on any atom is -0.497 e. The Morgan fingerprint density at radius 3 is 2.33 bits per heavy atom. The summed E-state index contributed by atoms with van der Waals surface area (Å²) in [4.78, 5) is 5.22. The Morgan fingerprint density at radius 2 is 1.87 bits per heavy atom. The van der Waals surface area contributed by atoms with Crippen LogP contribution in [0, 0.1) is 0 Å². The second-order valence-corrected chi connectivity index (χ2v) is 3.28. The molecule has 0 aliphatic heterocycles. The van der Waals surface area contributed by atoms with E-state index in [1.807, 2.05) is 19.1 Å². The molecule has 0 aliphatic rings. The lowest BCUT2D eigenvalue weighted by Crippen LogP contribution is -2.20. The predicted octanol–water partition coefficient (Wildman–Crippen LogP) is 2.69. The highest BCUT2D eigenvalue weighted by Gasteiger charge is 2.08. The molecule has 0 heterocycles. The van der Waals surface area contributed by atoms with Gasteiger partial charge in [0.1, 0.15) is 5.75 Å². The summed E-state index contributed by atoms with van der Waals surface area (Å²) in [6.45, 7) is 4.77. The molecule has 1 atom stereocenters. The number of hydrogen-bond acceptors (Lipinski definition) is 3. The summed E-state index contributed by atoms with van der Waals surface area (Å²) >= 11 is 0. The molecule has 0 saturated carbocycles. The summed E-state index contributed by atoms with van der Waals surface area (Å²) in [7, 11) is 1.67. The first-order valence-corrected chi connectivity index (χ1v) is 5.33. The van der Waals surface area contributed by atoms with E-state index in [-0.39, 0.29) is 6.04 Å². The van der Waals surface area contributed by atoms with Gasteiger partial charge in [-0.05, 0) is 31.0 Å². The summed E-state index contributed by atoms with van der Waals surface area (Å²) in [5.74, 6) is 0.880. The zero-order valence-corrected chi connectivity index (χ0v) is 9.62. The molecule has 0 radical (unpaired) electrons. The number of ether oxygens (including phenoxy) is 1. The van der Waals surface area contributed by atoms with E-state index in [4.69, 9.17) is 9.57 Å². The summed E-state index contributed by atoms with van der Waals surface area (Å²) in [5, 5.41) is 0. The van der Waals surface area contributed by atoms with Gasteiger partial charge in [0.2, 0.25) is 0 Å². The normalized spacial score (nSPS) is 12.5. The highest BCUT2D eigenvalue weighted by Crippen LogP contribution is 2.19. The highest BCUT2D eigenvalue weighted by molar-refractivity contribution is 5.28. The lowest BCUT2D eigenvalue weighted by molar-refractivity contribution is 0.0230. The summed E-state index contributed by atoms with van der Waals surface area (Å²) in [6.07, 6.45) is 0.992. The second kappa shape index (κ2) is 6.43. The lowest BCUT2D eigenvalue weighted by Gasteiger charge is -2.16. The van der Waals surface area contributed by atoms with Crippen molar-refractivity contribution in [3.05, 3.63) is 29.8 Å². The Bertz CT molecular complexity index is 271. The Kier molecular flexibility index (Phi) is 5.15. The zero-order chi connectivity index (χ0) is 11.1. The fraction of sp³-hybridized carbons (Fsp3) is 0.500. The first-order chi connectivity index (χ1) is 7.31. The molecule has 0 aliphatic carbocycles. The molecule has 1 unspecified atom stereocenters. The third-order valence-electron chi connectivity index (χ3n) is 2.30. The van der Waals surface area contributed by atoms with Crippen LogP contribution in [0.2, 0.25) is 0 Å². The van der Waals surface area contributed by atoms with E-state index >= 15 is 0 Å². The minimum absolute atomic E-state index is 0.246. The number of hydrogen-bond donors (Lipinski definition) is 1. The maximum Gasteiger partial charge on any atom is 0.118 e. The molecule has 0 spiro atoms. The first kappa shape index (κ1) is 12.0. The van der Waals surface area contributed by atoms with Gasteiger partial charge in [-0.1, -0.05) is 19.1 Å². The van der Waals surface area contributed by atoms with Gasteiger partial charge in [-0.15, -0.1) is 0 Å². The van der Waals surface area contributed by atoms with Crippen molar-refractivity contribution in [2.75, 3.05) is 13.7 Å². The van der Waals surface area contributed by atoms with E-state index in [9.17, 15) is 0 Å². The molecule has 0 bridgehead atoms. The summed E-state index contributed by atoms with van der Waals surface area (Å²) in [5.41, 5.74) is 4.25. The molecule has 84 valence electrons. The Labute approximate surface area is 91.4 Å². The van der Waals surface area contributed by atoms with Crippen molar-refractivity contribution in [1.29, 1.82) is 0 Å². The van der Waals surface area contributed by atoms with Crippen molar-refractivity contribution in [2.45, 2.75) is 26.3 Å². The monoisotopic (exact) mass is 209 g/mol.